The molecule has 0 spiro atoms. The third-order valence-corrected chi connectivity index (χ3v) is 5.02. The summed E-state index contributed by atoms with van der Waals surface area (Å²) < 4.78 is 0. The first-order valence-corrected chi connectivity index (χ1v) is 8.95. The molecule has 4 nitrogen and oxygen atoms in total. The lowest BCUT2D eigenvalue weighted by Crippen LogP contribution is -2.51. The minimum atomic E-state index is 0. The summed E-state index contributed by atoms with van der Waals surface area (Å²) in [6.07, 6.45) is 3.71. The zero-order chi connectivity index (χ0) is 16.2. The molecule has 134 valence electrons. The maximum atomic E-state index is 4.36. The number of benzene rings is 1. The van der Waals surface area contributed by atoms with Crippen LogP contribution in [-0.4, -0.2) is 43.1 Å². The highest BCUT2D eigenvalue weighted by molar-refractivity contribution is 14.0. The quantitative estimate of drug-likeness (QED) is 0.419. The zero-order valence-electron chi connectivity index (χ0n) is 15.1. The van der Waals surface area contributed by atoms with Crippen molar-refractivity contribution in [3.63, 3.8) is 0 Å². The van der Waals surface area contributed by atoms with Crippen LogP contribution in [0.4, 0.5) is 0 Å². The molecule has 5 heteroatoms. The van der Waals surface area contributed by atoms with Crippen LogP contribution >= 0.6 is 24.0 Å². The van der Waals surface area contributed by atoms with E-state index in [0.29, 0.717) is 18.0 Å². The molecule has 24 heavy (non-hydrogen) atoms. The summed E-state index contributed by atoms with van der Waals surface area (Å²) in [5.74, 6) is 1.57. The number of hydrogen-bond donors (Lipinski definition) is 2. The minimum absolute atomic E-state index is 0. The second-order valence-corrected chi connectivity index (χ2v) is 7.17. The summed E-state index contributed by atoms with van der Waals surface area (Å²) in [6.45, 7) is 7.81. The molecule has 1 aliphatic heterocycles. The maximum Gasteiger partial charge on any atom is 0.191 e. The van der Waals surface area contributed by atoms with Crippen LogP contribution in [0.25, 0.3) is 0 Å². The Morgan fingerprint density at radius 3 is 2.58 bits per heavy atom. The van der Waals surface area contributed by atoms with Crippen LogP contribution in [-0.2, 0) is 13.0 Å². The maximum absolute atomic E-state index is 4.36. The van der Waals surface area contributed by atoms with Crippen LogP contribution in [0.1, 0.15) is 37.8 Å². The fourth-order valence-electron chi connectivity index (χ4n) is 3.40. The fraction of sp³-hybridized carbons (Fsp3) is 0.632. The van der Waals surface area contributed by atoms with Gasteiger partial charge in [0.25, 0.3) is 0 Å². The number of nitrogens with one attached hydrogen (secondary N) is 2. The highest BCUT2D eigenvalue weighted by atomic mass is 127. The zero-order valence-corrected chi connectivity index (χ0v) is 17.4. The molecule has 3 rings (SSSR count). The highest BCUT2D eigenvalue weighted by Gasteiger charge is 2.27. The standard InChI is InChI=1S/C19H30N4.HI/c1-14(2)18(12-21-19(20-3)22-17-8-9-17)23-11-10-15-6-4-5-7-16(15)13-23;/h4-7,14,17-18H,8-13H2,1-3H3,(H2,20,21,22);1H. The molecule has 0 amide bonds. The lowest BCUT2D eigenvalue weighted by Gasteiger charge is -2.38. The first-order valence-electron chi connectivity index (χ1n) is 8.95. The van der Waals surface area contributed by atoms with Gasteiger partial charge in [0.15, 0.2) is 5.96 Å². The lowest BCUT2D eigenvalue weighted by molar-refractivity contribution is 0.140. The molecule has 0 saturated heterocycles. The molecule has 0 bridgehead atoms. The van der Waals surface area contributed by atoms with Gasteiger partial charge in [-0.25, -0.2) is 0 Å². The Morgan fingerprint density at radius 1 is 1.25 bits per heavy atom. The van der Waals surface area contributed by atoms with Crippen molar-refractivity contribution < 1.29 is 0 Å². The predicted octanol–water partition coefficient (Wildman–Crippen LogP) is 3.01. The van der Waals surface area contributed by atoms with Crippen LogP contribution in [0.5, 0.6) is 0 Å². The van der Waals surface area contributed by atoms with Gasteiger partial charge in [-0.2, -0.15) is 0 Å². The fourth-order valence-corrected chi connectivity index (χ4v) is 3.40. The molecule has 1 saturated carbocycles. The van der Waals surface area contributed by atoms with Gasteiger partial charge in [0.1, 0.15) is 0 Å². The Morgan fingerprint density at radius 2 is 1.96 bits per heavy atom. The molecule has 1 unspecified atom stereocenters. The molecule has 2 N–H and O–H groups in total. The van der Waals surface area contributed by atoms with Gasteiger partial charge in [0.05, 0.1) is 0 Å². The van der Waals surface area contributed by atoms with Crippen molar-refractivity contribution in [3.05, 3.63) is 35.4 Å². The van der Waals surface area contributed by atoms with Gasteiger partial charge in [-0.15, -0.1) is 24.0 Å². The van der Waals surface area contributed by atoms with E-state index in [0.717, 1.165) is 32.0 Å². The normalized spacial score (nSPS) is 19.4. The molecule has 1 aromatic carbocycles. The molecular weight excluding hydrogens is 411 g/mol. The van der Waals surface area contributed by atoms with Crippen molar-refractivity contribution in [1.29, 1.82) is 0 Å². The largest absolute Gasteiger partial charge is 0.355 e. The molecule has 0 radical (unpaired) electrons. The van der Waals surface area contributed by atoms with E-state index in [1.807, 2.05) is 7.05 Å². The van der Waals surface area contributed by atoms with Crippen LogP contribution in [0, 0.1) is 5.92 Å². The van der Waals surface area contributed by atoms with Gasteiger partial charge < -0.3 is 10.6 Å². The second kappa shape index (κ2) is 9.04. The first-order chi connectivity index (χ1) is 11.2. The minimum Gasteiger partial charge on any atom is -0.355 e. The number of guanidine groups is 1. The molecule has 1 fully saturated rings. The Labute approximate surface area is 163 Å². The van der Waals surface area contributed by atoms with Crippen molar-refractivity contribution in [1.82, 2.24) is 15.5 Å². The van der Waals surface area contributed by atoms with Gasteiger partial charge >= 0.3 is 0 Å². The number of fused-ring (bicyclic) bond motifs is 1. The van der Waals surface area contributed by atoms with Crippen LogP contribution in [0.3, 0.4) is 0 Å². The Balaban J connectivity index is 0.00000208. The monoisotopic (exact) mass is 442 g/mol. The van der Waals surface area contributed by atoms with E-state index in [-0.39, 0.29) is 24.0 Å². The lowest BCUT2D eigenvalue weighted by atomic mass is 9.95. The molecule has 1 aliphatic carbocycles. The summed E-state index contributed by atoms with van der Waals surface area (Å²) >= 11 is 0. The molecule has 2 aliphatic rings. The van der Waals surface area contributed by atoms with Gasteiger partial charge in [0, 0.05) is 38.8 Å². The summed E-state index contributed by atoms with van der Waals surface area (Å²) in [5, 5.41) is 7.01. The van der Waals surface area contributed by atoms with Gasteiger partial charge in [-0.05, 0) is 36.3 Å². The van der Waals surface area contributed by atoms with Crippen molar-refractivity contribution in [2.45, 2.75) is 51.7 Å². The molecule has 1 aromatic rings. The average molecular weight is 442 g/mol. The third-order valence-electron chi connectivity index (χ3n) is 5.02. The van der Waals surface area contributed by atoms with Crippen molar-refractivity contribution in [2.24, 2.45) is 10.9 Å². The molecule has 1 atom stereocenters. The second-order valence-electron chi connectivity index (χ2n) is 7.17. The van der Waals surface area contributed by atoms with E-state index in [1.165, 1.54) is 24.0 Å². The van der Waals surface area contributed by atoms with E-state index in [9.17, 15) is 0 Å². The molecule has 0 aromatic heterocycles. The van der Waals surface area contributed by atoms with Crippen LogP contribution < -0.4 is 10.6 Å². The van der Waals surface area contributed by atoms with Gasteiger partial charge in [-0.3, -0.25) is 9.89 Å². The van der Waals surface area contributed by atoms with Crippen molar-refractivity contribution in [3.8, 4) is 0 Å². The van der Waals surface area contributed by atoms with Gasteiger partial charge in [-0.1, -0.05) is 38.1 Å². The summed E-state index contributed by atoms with van der Waals surface area (Å²) in [6, 6.07) is 10.0. The summed E-state index contributed by atoms with van der Waals surface area (Å²) in [7, 11) is 1.86. The number of aliphatic imine (C=N–C) groups is 1. The van der Waals surface area contributed by atoms with E-state index in [2.05, 4.69) is 58.6 Å². The molecule has 1 heterocycles. The highest BCUT2D eigenvalue weighted by Crippen LogP contribution is 2.23. The third kappa shape index (κ3) is 5.09. The Kier molecular flexibility index (Phi) is 7.34. The number of rotatable bonds is 5. The topological polar surface area (TPSA) is 39.7 Å². The summed E-state index contributed by atoms with van der Waals surface area (Å²) in [4.78, 5) is 6.99. The number of nitrogens with zero attached hydrogens (tertiary/aromatic N) is 2. The van der Waals surface area contributed by atoms with E-state index in [1.54, 1.807) is 0 Å². The Bertz CT molecular complexity index is 554. The number of hydrogen-bond acceptors (Lipinski definition) is 2. The van der Waals surface area contributed by atoms with E-state index >= 15 is 0 Å². The van der Waals surface area contributed by atoms with Crippen LogP contribution in [0.2, 0.25) is 0 Å². The Hall–Kier alpha value is -0.820. The predicted molar refractivity (Wildman–Crippen MR) is 112 cm³/mol. The van der Waals surface area contributed by atoms with E-state index in [4.69, 9.17) is 0 Å². The van der Waals surface area contributed by atoms with Crippen molar-refractivity contribution in [2.75, 3.05) is 20.1 Å². The van der Waals surface area contributed by atoms with Crippen LogP contribution in [0.15, 0.2) is 29.3 Å². The van der Waals surface area contributed by atoms with E-state index < -0.39 is 0 Å². The number of halogens is 1. The van der Waals surface area contributed by atoms with Crippen molar-refractivity contribution >= 4 is 29.9 Å². The first kappa shape index (κ1) is 19.5. The summed E-state index contributed by atoms with van der Waals surface area (Å²) in [5.41, 5.74) is 3.01. The van der Waals surface area contributed by atoms with Gasteiger partial charge in [0.2, 0.25) is 0 Å². The smallest absolute Gasteiger partial charge is 0.191 e. The SMILES string of the molecule is CN=C(NCC(C(C)C)N1CCc2ccccc2C1)NC1CC1.I. The molecular formula is C19H31IN4. The average Bonchev–Trinajstić information content (AvgIpc) is 3.37.